The lowest BCUT2D eigenvalue weighted by Crippen LogP contribution is -2.50. The second-order valence-corrected chi connectivity index (χ2v) is 9.24. The molecule has 0 saturated carbocycles. The lowest BCUT2D eigenvalue weighted by molar-refractivity contribution is -0.134. The molecular formula is C21H22N6OS2. The maximum atomic E-state index is 13.2. The Morgan fingerprint density at radius 1 is 1.00 bits per heavy atom. The Kier molecular flexibility index (Phi) is 5.56. The van der Waals surface area contributed by atoms with Crippen molar-refractivity contribution in [3.8, 4) is 0 Å². The molecule has 0 unspecified atom stereocenters. The molecule has 0 bridgehead atoms. The summed E-state index contributed by atoms with van der Waals surface area (Å²) < 4.78 is 0. The highest BCUT2D eigenvalue weighted by atomic mass is 32.1. The summed E-state index contributed by atoms with van der Waals surface area (Å²) in [5, 5.41) is 10.6. The molecule has 154 valence electrons. The predicted molar refractivity (Wildman–Crippen MR) is 120 cm³/mol. The van der Waals surface area contributed by atoms with Gasteiger partial charge in [0.2, 0.25) is 5.95 Å². The van der Waals surface area contributed by atoms with Gasteiger partial charge in [0.1, 0.15) is 0 Å². The van der Waals surface area contributed by atoms with E-state index in [1.807, 2.05) is 18.2 Å². The van der Waals surface area contributed by atoms with Crippen molar-refractivity contribution < 1.29 is 4.79 Å². The monoisotopic (exact) mass is 438 g/mol. The first-order valence-corrected chi connectivity index (χ1v) is 11.7. The largest absolute Gasteiger partial charge is 0.338 e. The van der Waals surface area contributed by atoms with Crippen molar-refractivity contribution in [2.75, 3.05) is 37.6 Å². The van der Waals surface area contributed by atoms with Crippen LogP contribution in [0, 0.1) is 0 Å². The average Bonchev–Trinajstić information content (AvgIpc) is 3.56. The van der Waals surface area contributed by atoms with Crippen LogP contribution in [0.25, 0.3) is 0 Å². The Morgan fingerprint density at radius 2 is 1.77 bits per heavy atom. The molecule has 1 atom stereocenters. The molecule has 1 saturated heterocycles. The molecule has 0 radical (unpaired) electrons. The number of hydrogen-bond acceptors (Lipinski definition) is 8. The lowest BCUT2D eigenvalue weighted by Gasteiger charge is -2.35. The molecule has 0 aliphatic carbocycles. The highest BCUT2D eigenvalue weighted by Crippen LogP contribution is 2.36. The van der Waals surface area contributed by atoms with E-state index in [0.29, 0.717) is 6.54 Å². The van der Waals surface area contributed by atoms with Gasteiger partial charge < -0.3 is 4.90 Å². The Labute approximate surface area is 183 Å². The number of carbonyl (C=O) groups excluding carboxylic acids is 1. The van der Waals surface area contributed by atoms with Gasteiger partial charge in [-0.05, 0) is 29.0 Å². The first-order valence-electron chi connectivity index (χ1n) is 9.99. The summed E-state index contributed by atoms with van der Waals surface area (Å²) in [6, 6.07) is 10.1. The zero-order valence-corrected chi connectivity index (χ0v) is 18.1. The Morgan fingerprint density at radius 3 is 2.47 bits per heavy atom. The van der Waals surface area contributed by atoms with Crippen LogP contribution in [0.1, 0.15) is 22.2 Å². The number of thiophene rings is 2. The zero-order chi connectivity index (χ0) is 20.3. The summed E-state index contributed by atoms with van der Waals surface area (Å²) in [5.41, 5.74) is 1.00. The fourth-order valence-corrected chi connectivity index (χ4v) is 5.39. The molecule has 0 N–H and O–H groups in total. The van der Waals surface area contributed by atoms with Crippen LogP contribution in [0.2, 0.25) is 0 Å². The number of aromatic nitrogens is 2. The van der Waals surface area contributed by atoms with Crippen LogP contribution in [-0.4, -0.2) is 64.2 Å². The minimum Gasteiger partial charge on any atom is -0.338 e. The van der Waals surface area contributed by atoms with Crippen molar-refractivity contribution in [2.45, 2.75) is 12.5 Å². The quantitative estimate of drug-likeness (QED) is 0.613. The number of hydrazone groups is 1. The fourth-order valence-electron chi connectivity index (χ4n) is 3.86. The van der Waals surface area contributed by atoms with Crippen LogP contribution in [0.15, 0.2) is 58.6 Å². The van der Waals surface area contributed by atoms with Crippen molar-refractivity contribution in [3.05, 3.63) is 63.2 Å². The van der Waals surface area contributed by atoms with Crippen molar-refractivity contribution in [2.24, 2.45) is 5.10 Å². The number of rotatable bonds is 5. The first kappa shape index (κ1) is 19.3. The third kappa shape index (κ3) is 4.00. The van der Waals surface area contributed by atoms with Crippen molar-refractivity contribution in [1.82, 2.24) is 19.9 Å². The average molecular weight is 439 g/mol. The Bertz CT molecular complexity index is 998. The number of carbonyl (C=O) groups is 1. The second-order valence-electron chi connectivity index (χ2n) is 7.31. The maximum Gasteiger partial charge on any atom is 0.257 e. The molecule has 3 aromatic rings. The standard InChI is InChI=1S/C21H22N6OS2/c28-20(15-25-8-10-26(11-9-25)21-22-6-3-7-23-21)27-17(19-5-2-13-30-19)14-16(24-27)18-4-1-12-29-18/h1-7,12-13,17H,8-11,14-15H2/t17-/m0/s1. The van der Waals surface area contributed by atoms with Gasteiger partial charge in [-0.15, -0.1) is 22.7 Å². The van der Waals surface area contributed by atoms with Gasteiger partial charge >= 0.3 is 0 Å². The van der Waals surface area contributed by atoms with Crippen LogP contribution in [0.3, 0.4) is 0 Å². The topological polar surface area (TPSA) is 64.9 Å². The summed E-state index contributed by atoms with van der Waals surface area (Å²) in [4.78, 5) is 28.6. The van der Waals surface area contributed by atoms with E-state index in [2.05, 4.69) is 42.7 Å². The van der Waals surface area contributed by atoms with Gasteiger partial charge in [-0.3, -0.25) is 9.69 Å². The summed E-state index contributed by atoms with van der Waals surface area (Å²) in [5.74, 6) is 0.815. The Balaban J connectivity index is 1.26. The van der Waals surface area contributed by atoms with Gasteiger partial charge in [0.25, 0.3) is 5.91 Å². The van der Waals surface area contributed by atoms with E-state index in [1.54, 1.807) is 40.1 Å². The smallest absolute Gasteiger partial charge is 0.257 e. The zero-order valence-electron chi connectivity index (χ0n) is 16.4. The molecule has 5 rings (SSSR count). The SMILES string of the molecule is O=C(CN1CCN(c2ncccn2)CC1)N1N=C(c2cccs2)C[C@H]1c1cccs1. The van der Waals surface area contributed by atoms with Gasteiger partial charge in [-0.1, -0.05) is 12.1 Å². The second kappa shape index (κ2) is 8.63. The molecule has 30 heavy (non-hydrogen) atoms. The third-order valence-electron chi connectivity index (χ3n) is 5.41. The lowest BCUT2D eigenvalue weighted by atomic mass is 10.1. The Hall–Kier alpha value is -2.62. The fraction of sp³-hybridized carbons (Fsp3) is 0.333. The van der Waals surface area contributed by atoms with Gasteiger partial charge in [0.05, 0.1) is 23.2 Å². The molecule has 1 amide bonds. The summed E-state index contributed by atoms with van der Waals surface area (Å²) in [7, 11) is 0. The third-order valence-corrected chi connectivity index (χ3v) is 7.30. The molecule has 9 heteroatoms. The van der Waals surface area contributed by atoms with Crippen LogP contribution in [-0.2, 0) is 4.79 Å². The number of piperazine rings is 1. The van der Waals surface area contributed by atoms with Crippen molar-refractivity contribution >= 4 is 40.2 Å². The minimum absolute atomic E-state index is 0.00592. The van der Waals surface area contributed by atoms with E-state index in [4.69, 9.17) is 5.10 Å². The van der Waals surface area contributed by atoms with Crippen LogP contribution >= 0.6 is 22.7 Å². The molecule has 0 aromatic carbocycles. The minimum atomic E-state index is -0.00592. The molecular weight excluding hydrogens is 416 g/mol. The number of amides is 1. The van der Waals surface area contributed by atoms with E-state index in [0.717, 1.165) is 49.1 Å². The number of hydrogen-bond donors (Lipinski definition) is 0. The molecule has 5 heterocycles. The number of anilines is 1. The van der Waals surface area contributed by atoms with Crippen LogP contribution in [0.5, 0.6) is 0 Å². The van der Waals surface area contributed by atoms with Gasteiger partial charge in [0.15, 0.2) is 0 Å². The molecule has 2 aliphatic heterocycles. The maximum absolute atomic E-state index is 13.2. The van der Waals surface area contributed by atoms with Gasteiger partial charge in [0, 0.05) is 49.9 Å². The van der Waals surface area contributed by atoms with Gasteiger partial charge in [-0.25, -0.2) is 15.0 Å². The number of nitrogens with zero attached hydrogens (tertiary/aromatic N) is 6. The summed E-state index contributed by atoms with van der Waals surface area (Å²) >= 11 is 3.36. The van der Waals surface area contributed by atoms with E-state index in [9.17, 15) is 4.79 Å². The van der Waals surface area contributed by atoms with Crippen LogP contribution < -0.4 is 4.90 Å². The van der Waals surface area contributed by atoms with E-state index in [1.165, 1.54) is 4.88 Å². The highest BCUT2D eigenvalue weighted by Gasteiger charge is 2.35. The first-order chi connectivity index (χ1) is 14.8. The highest BCUT2D eigenvalue weighted by molar-refractivity contribution is 7.12. The summed E-state index contributed by atoms with van der Waals surface area (Å²) in [6.07, 6.45) is 4.30. The normalized spacial score (nSPS) is 19.9. The van der Waals surface area contributed by atoms with E-state index < -0.39 is 0 Å². The predicted octanol–water partition coefficient (Wildman–Crippen LogP) is 3.10. The van der Waals surface area contributed by atoms with Crippen LogP contribution in [0.4, 0.5) is 5.95 Å². The molecule has 1 fully saturated rings. The van der Waals surface area contributed by atoms with Crippen molar-refractivity contribution in [1.29, 1.82) is 0 Å². The molecule has 2 aliphatic rings. The molecule has 0 spiro atoms. The summed E-state index contributed by atoms with van der Waals surface area (Å²) in [6.45, 7) is 3.63. The molecule has 7 nitrogen and oxygen atoms in total. The van der Waals surface area contributed by atoms with Crippen molar-refractivity contribution in [3.63, 3.8) is 0 Å². The van der Waals surface area contributed by atoms with E-state index >= 15 is 0 Å². The molecule has 3 aromatic heterocycles. The van der Waals surface area contributed by atoms with Gasteiger partial charge in [-0.2, -0.15) is 5.10 Å². The van der Waals surface area contributed by atoms with E-state index in [-0.39, 0.29) is 11.9 Å².